The summed E-state index contributed by atoms with van der Waals surface area (Å²) >= 11 is 0. The van der Waals surface area contributed by atoms with Crippen molar-refractivity contribution in [1.82, 2.24) is 4.90 Å². The molecule has 0 spiro atoms. The van der Waals surface area contributed by atoms with Crippen LogP contribution in [-0.4, -0.2) is 42.2 Å². The van der Waals surface area contributed by atoms with Crippen LogP contribution in [0.15, 0.2) is 0 Å². The van der Waals surface area contributed by atoms with Gasteiger partial charge in [-0.2, -0.15) is 0 Å². The van der Waals surface area contributed by atoms with Crippen molar-refractivity contribution in [2.75, 3.05) is 26.2 Å². The third kappa shape index (κ3) is 0.910. The van der Waals surface area contributed by atoms with E-state index in [2.05, 4.69) is 0 Å². The smallest absolute Gasteiger partial charge is 0.258 e. The number of rotatable bonds is 1. The first-order valence-electron chi connectivity index (χ1n) is 4.31. The molecule has 12 heavy (non-hydrogen) atoms. The first-order chi connectivity index (χ1) is 5.60. The van der Waals surface area contributed by atoms with Gasteiger partial charge in [0.1, 0.15) is 0 Å². The number of fused-ring (bicyclic) bond motifs is 2. The van der Waals surface area contributed by atoms with Crippen LogP contribution in [0.3, 0.4) is 0 Å². The van der Waals surface area contributed by atoms with E-state index in [0.717, 1.165) is 6.54 Å². The highest BCUT2D eigenvalue weighted by atomic mass is 19.3. The lowest BCUT2D eigenvalue weighted by molar-refractivity contribution is -0.158. The Bertz CT molecular complexity index is 197. The van der Waals surface area contributed by atoms with Gasteiger partial charge < -0.3 is 10.0 Å². The molecular weight excluding hydrogens is 164 g/mol. The summed E-state index contributed by atoms with van der Waals surface area (Å²) < 4.78 is 26.7. The summed E-state index contributed by atoms with van der Waals surface area (Å²) in [5, 5.41) is 9.00. The van der Waals surface area contributed by atoms with Crippen LogP contribution in [0.2, 0.25) is 0 Å². The van der Waals surface area contributed by atoms with Gasteiger partial charge in [0.05, 0.1) is 12.0 Å². The second-order valence-corrected chi connectivity index (χ2v) is 3.92. The van der Waals surface area contributed by atoms with Gasteiger partial charge in [0.25, 0.3) is 5.92 Å². The van der Waals surface area contributed by atoms with E-state index >= 15 is 0 Å². The number of hydrogen-bond acceptors (Lipinski definition) is 2. The monoisotopic (exact) mass is 177 g/mol. The number of alkyl halides is 2. The Morgan fingerprint density at radius 2 is 1.92 bits per heavy atom. The molecule has 2 unspecified atom stereocenters. The highest BCUT2D eigenvalue weighted by Gasteiger charge is 2.59. The molecular formula is C8H13F2NO. The van der Waals surface area contributed by atoms with Crippen molar-refractivity contribution in [3.63, 3.8) is 0 Å². The molecule has 2 nitrogen and oxygen atoms in total. The molecule has 2 bridgehead atoms. The molecule has 0 aromatic carbocycles. The van der Waals surface area contributed by atoms with Crippen molar-refractivity contribution in [2.45, 2.75) is 18.8 Å². The summed E-state index contributed by atoms with van der Waals surface area (Å²) in [5.41, 5.74) is -1.12. The fourth-order valence-corrected chi connectivity index (χ4v) is 2.26. The van der Waals surface area contributed by atoms with Crippen LogP contribution in [-0.2, 0) is 0 Å². The molecule has 1 N–H and O–H groups in total. The predicted octanol–water partition coefficient (Wildman–Crippen LogP) is 0.710. The van der Waals surface area contributed by atoms with E-state index in [1.165, 1.54) is 0 Å². The fraction of sp³-hybridized carbons (Fsp3) is 1.00. The lowest BCUT2D eigenvalue weighted by atomic mass is 9.78. The van der Waals surface area contributed by atoms with E-state index in [0.29, 0.717) is 19.5 Å². The Morgan fingerprint density at radius 3 is 2.50 bits per heavy atom. The highest BCUT2D eigenvalue weighted by molar-refractivity contribution is 5.03. The van der Waals surface area contributed by atoms with Crippen LogP contribution in [0, 0.1) is 5.41 Å². The fourth-order valence-electron chi connectivity index (χ4n) is 2.26. The zero-order valence-electron chi connectivity index (χ0n) is 6.89. The van der Waals surface area contributed by atoms with Crippen LogP contribution in [0.4, 0.5) is 8.78 Å². The molecule has 0 amide bonds. The van der Waals surface area contributed by atoms with Gasteiger partial charge in [-0.05, 0) is 13.0 Å². The first-order valence-corrected chi connectivity index (χ1v) is 4.31. The quantitative estimate of drug-likeness (QED) is 0.637. The number of aliphatic hydroxyl groups is 1. The maximum absolute atomic E-state index is 13.4. The lowest BCUT2D eigenvalue weighted by Crippen LogP contribution is -2.51. The van der Waals surface area contributed by atoms with Crippen LogP contribution >= 0.6 is 0 Å². The maximum Gasteiger partial charge on any atom is 0.258 e. The van der Waals surface area contributed by atoms with Gasteiger partial charge in [0.15, 0.2) is 0 Å². The second-order valence-electron chi connectivity index (χ2n) is 3.92. The molecule has 2 atom stereocenters. The summed E-state index contributed by atoms with van der Waals surface area (Å²) in [5.74, 6) is -2.66. The molecule has 0 aliphatic carbocycles. The number of nitrogens with zero attached hydrogens (tertiary/aromatic N) is 1. The summed E-state index contributed by atoms with van der Waals surface area (Å²) in [6, 6.07) is 0. The molecule has 0 aromatic rings. The Morgan fingerprint density at radius 1 is 1.25 bits per heavy atom. The molecule has 0 aromatic heterocycles. The number of hydrogen-bond donors (Lipinski definition) is 1. The minimum atomic E-state index is -2.66. The minimum Gasteiger partial charge on any atom is -0.396 e. The molecule has 2 fully saturated rings. The normalized spacial score (nSPS) is 44.8. The van der Waals surface area contributed by atoms with E-state index < -0.39 is 11.3 Å². The third-order valence-corrected chi connectivity index (χ3v) is 3.25. The van der Waals surface area contributed by atoms with Gasteiger partial charge in [-0.15, -0.1) is 0 Å². The largest absolute Gasteiger partial charge is 0.396 e. The summed E-state index contributed by atoms with van der Waals surface area (Å²) in [4.78, 5) is 2.01. The van der Waals surface area contributed by atoms with Gasteiger partial charge in [-0.25, -0.2) is 8.78 Å². The van der Waals surface area contributed by atoms with E-state index in [1.807, 2.05) is 4.90 Å². The minimum absolute atomic E-state index is 0.0897. The lowest BCUT2D eigenvalue weighted by Gasteiger charge is -2.39. The van der Waals surface area contributed by atoms with E-state index in [1.54, 1.807) is 0 Å². The molecule has 4 heteroatoms. The van der Waals surface area contributed by atoms with Crippen molar-refractivity contribution in [2.24, 2.45) is 5.41 Å². The average molecular weight is 177 g/mol. The van der Waals surface area contributed by atoms with Crippen molar-refractivity contribution < 1.29 is 13.9 Å². The molecule has 0 saturated carbocycles. The van der Waals surface area contributed by atoms with Crippen molar-refractivity contribution in [3.05, 3.63) is 0 Å². The van der Waals surface area contributed by atoms with E-state index in [9.17, 15) is 8.78 Å². The van der Waals surface area contributed by atoms with Crippen LogP contribution in [0.25, 0.3) is 0 Å². The molecule has 2 aliphatic heterocycles. The highest BCUT2D eigenvalue weighted by Crippen LogP contribution is 2.49. The van der Waals surface area contributed by atoms with E-state index in [4.69, 9.17) is 5.11 Å². The van der Waals surface area contributed by atoms with Gasteiger partial charge in [-0.1, -0.05) is 0 Å². The Hall–Kier alpha value is -0.220. The molecule has 2 heterocycles. The van der Waals surface area contributed by atoms with Gasteiger partial charge in [0.2, 0.25) is 0 Å². The zero-order chi connectivity index (χ0) is 8.82. The number of halogens is 2. The summed E-state index contributed by atoms with van der Waals surface area (Å²) in [6.45, 7) is 1.19. The second kappa shape index (κ2) is 2.39. The third-order valence-electron chi connectivity index (χ3n) is 3.25. The Labute approximate surface area is 70.2 Å². The van der Waals surface area contributed by atoms with Gasteiger partial charge >= 0.3 is 0 Å². The first kappa shape index (κ1) is 8.38. The SMILES string of the molecule is OCC12CCN(CCC1(F)F)C2. The van der Waals surface area contributed by atoms with Gasteiger partial charge in [-0.3, -0.25) is 0 Å². The molecule has 2 rings (SSSR count). The number of aliphatic hydroxyl groups excluding tert-OH is 1. The Kier molecular flexibility index (Phi) is 1.67. The molecule has 2 saturated heterocycles. The molecule has 70 valence electrons. The zero-order valence-corrected chi connectivity index (χ0v) is 6.89. The van der Waals surface area contributed by atoms with Crippen molar-refractivity contribution >= 4 is 0 Å². The standard InChI is InChI=1S/C8H13F2NO/c9-8(10)2-4-11-3-1-7(8,5-11)6-12/h12H,1-6H2. The summed E-state index contributed by atoms with van der Waals surface area (Å²) in [6.07, 6.45) is 0.351. The molecule has 0 radical (unpaired) electrons. The van der Waals surface area contributed by atoms with Crippen LogP contribution < -0.4 is 0 Å². The maximum atomic E-state index is 13.4. The van der Waals surface area contributed by atoms with Gasteiger partial charge in [0, 0.05) is 19.5 Å². The summed E-state index contributed by atoms with van der Waals surface area (Å²) in [7, 11) is 0. The predicted molar refractivity (Wildman–Crippen MR) is 40.1 cm³/mol. The molecule has 2 aliphatic rings. The average Bonchev–Trinajstić information content (AvgIpc) is 2.41. The van der Waals surface area contributed by atoms with Crippen LogP contribution in [0.1, 0.15) is 12.8 Å². The van der Waals surface area contributed by atoms with Crippen molar-refractivity contribution in [3.8, 4) is 0 Å². The van der Waals surface area contributed by atoms with Crippen molar-refractivity contribution in [1.29, 1.82) is 0 Å². The van der Waals surface area contributed by atoms with Crippen LogP contribution in [0.5, 0.6) is 0 Å². The Balaban J connectivity index is 2.27. The number of piperidine rings is 1. The van der Waals surface area contributed by atoms with E-state index in [-0.39, 0.29) is 13.0 Å². The topological polar surface area (TPSA) is 23.5 Å².